The Balaban J connectivity index is 1.53. The molecule has 0 radical (unpaired) electrons. The Hall–Kier alpha value is -4.17. The molecule has 0 saturated carbocycles. The van der Waals surface area contributed by atoms with Crippen molar-refractivity contribution in [3.8, 4) is 22.9 Å². The van der Waals surface area contributed by atoms with Gasteiger partial charge < -0.3 is 14.8 Å². The van der Waals surface area contributed by atoms with Crippen molar-refractivity contribution in [3.05, 3.63) is 89.5 Å². The summed E-state index contributed by atoms with van der Waals surface area (Å²) in [6, 6.07) is 11.6. The van der Waals surface area contributed by atoms with E-state index in [2.05, 4.69) is 9.97 Å². The third-order valence-corrected chi connectivity index (χ3v) is 7.60. The lowest BCUT2D eigenvalue weighted by molar-refractivity contribution is 0.0699. The number of rotatable bonds is 7. The second-order valence-corrected chi connectivity index (χ2v) is 10.3. The zero-order valence-corrected chi connectivity index (χ0v) is 22.6. The molecule has 5 rings (SSSR count). The van der Waals surface area contributed by atoms with Crippen molar-refractivity contribution in [2.45, 2.75) is 19.9 Å². The van der Waals surface area contributed by atoms with Gasteiger partial charge in [0.1, 0.15) is 18.4 Å². The van der Waals surface area contributed by atoms with Crippen molar-refractivity contribution < 1.29 is 14.6 Å². The maximum Gasteiger partial charge on any atom is 0.338 e. The van der Waals surface area contributed by atoms with Gasteiger partial charge in [0.2, 0.25) is 0 Å². The van der Waals surface area contributed by atoms with Gasteiger partial charge in [-0.1, -0.05) is 30.1 Å². The number of halogens is 2. The monoisotopic (exact) mass is 580 g/mol. The largest absolute Gasteiger partial charge is 0.491 e. The molecule has 196 valence electrons. The Bertz CT molecular complexity index is 1960. The van der Waals surface area contributed by atoms with Crippen LogP contribution in [0.1, 0.15) is 28.5 Å². The van der Waals surface area contributed by atoms with E-state index in [1.54, 1.807) is 23.6 Å². The van der Waals surface area contributed by atoms with Gasteiger partial charge in [0.05, 0.1) is 38.8 Å². The molecule has 0 aliphatic heterocycles. The van der Waals surface area contributed by atoms with Crippen molar-refractivity contribution in [1.29, 1.82) is 5.26 Å². The van der Waals surface area contributed by atoms with E-state index in [1.165, 1.54) is 23.5 Å². The Labute approximate surface area is 234 Å². The topological polar surface area (TPSA) is 138 Å². The standard InChI is InChI=1S/C27H18Cl2N4O5S/c1-2-16-10-18(24-23(31-16)19(12-39-24)26(35)36)17-8-14(28)3-4-21(17)38-6-5-33-25(34)22-13(11-30)7-15(29)9-20(22)32-27(33)37/h3-4,7-10,12H,2,5-6H2,1H3,(H,32,37)(H,35,36). The predicted molar refractivity (Wildman–Crippen MR) is 150 cm³/mol. The predicted octanol–water partition coefficient (Wildman–Crippen LogP) is 5.48. The number of carboxylic acids is 1. The van der Waals surface area contributed by atoms with Crippen LogP contribution in [0.4, 0.5) is 0 Å². The van der Waals surface area contributed by atoms with Gasteiger partial charge in [-0.2, -0.15) is 5.26 Å². The molecule has 0 fully saturated rings. The van der Waals surface area contributed by atoms with Gasteiger partial charge >= 0.3 is 11.7 Å². The van der Waals surface area contributed by atoms with Crippen LogP contribution >= 0.6 is 34.5 Å². The van der Waals surface area contributed by atoms with Gasteiger partial charge in [-0.15, -0.1) is 11.3 Å². The molecule has 5 aromatic rings. The minimum Gasteiger partial charge on any atom is -0.491 e. The Morgan fingerprint density at radius 1 is 1.18 bits per heavy atom. The molecule has 12 heteroatoms. The van der Waals surface area contributed by atoms with Gasteiger partial charge in [-0.3, -0.25) is 14.3 Å². The number of aryl methyl sites for hydroxylation is 1. The van der Waals surface area contributed by atoms with E-state index in [4.69, 9.17) is 27.9 Å². The van der Waals surface area contributed by atoms with Gasteiger partial charge in [0.15, 0.2) is 0 Å². The summed E-state index contributed by atoms with van der Waals surface area (Å²) in [7, 11) is 0. The molecule has 9 nitrogen and oxygen atoms in total. The molecule has 2 aromatic carbocycles. The molecule has 2 N–H and O–H groups in total. The molecule has 0 spiro atoms. The zero-order chi connectivity index (χ0) is 27.8. The number of aromatic carboxylic acids is 1. The van der Waals surface area contributed by atoms with Crippen molar-refractivity contribution >= 4 is 61.6 Å². The first-order chi connectivity index (χ1) is 18.7. The van der Waals surface area contributed by atoms with Crippen LogP contribution in [-0.2, 0) is 13.0 Å². The smallest absolute Gasteiger partial charge is 0.338 e. The van der Waals surface area contributed by atoms with Crippen molar-refractivity contribution in [3.63, 3.8) is 0 Å². The molecule has 0 aliphatic rings. The first kappa shape index (κ1) is 26.4. The number of hydrogen-bond acceptors (Lipinski definition) is 7. The van der Waals surface area contributed by atoms with Crippen LogP contribution in [0, 0.1) is 11.3 Å². The molecule has 3 aromatic heterocycles. The molecule has 39 heavy (non-hydrogen) atoms. The van der Waals surface area contributed by atoms with Crippen molar-refractivity contribution in [1.82, 2.24) is 14.5 Å². The minimum absolute atomic E-state index is 0.0542. The number of aromatic amines is 1. The Morgan fingerprint density at radius 2 is 1.97 bits per heavy atom. The van der Waals surface area contributed by atoms with E-state index in [0.29, 0.717) is 44.2 Å². The number of thiophene rings is 1. The van der Waals surface area contributed by atoms with Gasteiger partial charge in [-0.05, 0) is 42.8 Å². The Morgan fingerprint density at radius 3 is 2.69 bits per heavy atom. The molecular weight excluding hydrogens is 563 g/mol. The summed E-state index contributed by atoms with van der Waals surface area (Å²) in [6.07, 6.45) is 0.582. The molecule has 0 bridgehead atoms. The third kappa shape index (κ3) is 4.88. The molecule has 3 heterocycles. The molecule has 0 amide bonds. The van der Waals surface area contributed by atoms with Gasteiger partial charge in [-0.25, -0.2) is 9.59 Å². The molecule has 0 aliphatic carbocycles. The average molecular weight is 581 g/mol. The van der Waals surface area contributed by atoms with Gasteiger partial charge in [0.25, 0.3) is 5.56 Å². The maximum atomic E-state index is 13.1. The fraction of sp³-hybridized carbons (Fsp3) is 0.148. The fourth-order valence-electron chi connectivity index (χ4n) is 4.32. The number of nitrogens with zero attached hydrogens (tertiary/aromatic N) is 3. The molecule has 0 atom stereocenters. The number of nitriles is 1. The van der Waals surface area contributed by atoms with Crippen molar-refractivity contribution in [2.75, 3.05) is 6.61 Å². The quantitative estimate of drug-likeness (QED) is 0.259. The summed E-state index contributed by atoms with van der Waals surface area (Å²) in [5, 5.41) is 21.4. The van der Waals surface area contributed by atoms with Crippen LogP contribution in [0.15, 0.2) is 51.4 Å². The number of fused-ring (bicyclic) bond motifs is 2. The lowest BCUT2D eigenvalue weighted by Gasteiger charge is -2.14. The summed E-state index contributed by atoms with van der Waals surface area (Å²) in [4.78, 5) is 44.7. The highest BCUT2D eigenvalue weighted by molar-refractivity contribution is 7.18. The maximum absolute atomic E-state index is 13.1. The number of ether oxygens (including phenoxy) is 1. The SMILES string of the molecule is CCc1cc(-c2cc(Cl)ccc2OCCn2c(=O)[nH]c3cc(Cl)cc(C#N)c3c2=O)c2scc(C(=O)O)c2n1. The lowest BCUT2D eigenvalue weighted by Crippen LogP contribution is -2.37. The van der Waals surface area contributed by atoms with E-state index in [-0.39, 0.29) is 40.2 Å². The number of nitrogens with one attached hydrogen (secondary N) is 1. The summed E-state index contributed by atoms with van der Waals surface area (Å²) >= 11 is 13.6. The van der Waals surface area contributed by atoms with E-state index < -0.39 is 17.2 Å². The summed E-state index contributed by atoms with van der Waals surface area (Å²) in [5.74, 6) is -0.641. The van der Waals surface area contributed by atoms with E-state index in [1.807, 2.05) is 19.1 Å². The van der Waals surface area contributed by atoms with E-state index in [9.17, 15) is 24.8 Å². The van der Waals surface area contributed by atoms with Crippen molar-refractivity contribution in [2.24, 2.45) is 0 Å². The highest BCUT2D eigenvalue weighted by Gasteiger charge is 2.20. The molecule has 0 saturated heterocycles. The highest BCUT2D eigenvalue weighted by Crippen LogP contribution is 2.40. The second kappa shape index (κ2) is 10.5. The Kier molecular flexibility index (Phi) is 7.14. The summed E-state index contributed by atoms with van der Waals surface area (Å²) in [6.45, 7) is 1.76. The zero-order valence-electron chi connectivity index (χ0n) is 20.2. The third-order valence-electron chi connectivity index (χ3n) is 6.14. The molecule has 0 unspecified atom stereocenters. The second-order valence-electron chi connectivity index (χ2n) is 8.51. The summed E-state index contributed by atoms with van der Waals surface area (Å²) in [5.41, 5.74) is 1.46. The average Bonchev–Trinajstić information content (AvgIpc) is 3.34. The highest BCUT2D eigenvalue weighted by atomic mass is 35.5. The number of aromatic nitrogens is 3. The first-order valence-electron chi connectivity index (χ1n) is 11.7. The number of carboxylic acid groups (broad SMARTS) is 1. The fourth-order valence-corrected chi connectivity index (χ4v) is 5.72. The number of benzene rings is 2. The van der Waals surface area contributed by atoms with Crippen LogP contribution in [0.25, 0.3) is 32.2 Å². The van der Waals surface area contributed by atoms with E-state index >= 15 is 0 Å². The van der Waals surface area contributed by atoms with Crippen LogP contribution < -0.4 is 16.0 Å². The van der Waals surface area contributed by atoms with Crippen LogP contribution in [0.5, 0.6) is 5.75 Å². The lowest BCUT2D eigenvalue weighted by atomic mass is 10.0. The number of carbonyl (C=O) groups is 1. The van der Waals surface area contributed by atoms with E-state index in [0.717, 1.165) is 4.57 Å². The number of hydrogen-bond donors (Lipinski definition) is 2. The first-order valence-corrected chi connectivity index (χ1v) is 13.3. The van der Waals surface area contributed by atoms with Crippen LogP contribution in [-0.4, -0.2) is 32.2 Å². The minimum atomic E-state index is -1.07. The van der Waals surface area contributed by atoms with Gasteiger partial charge in [0, 0.05) is 32.2 Å². The van der Waals surface area contributed by atoms with Crippen LogP contribution in [0.3, 0.4) is 0 Å². The number of pyridine rings is 1. The summed E-state index contributed by atoms with van der Waals surface area (Å²) < 4.78 is 7.67. The van der Waals surface area contributed by atoms with Crippen LogP contribution in [0.2, 0.25) is 10.0 Å². The molecular formula is C27H18Cl2N4O5S. The number of H-pyrrole nitrogens is 1. The normalized spacial score (nSPS) is 11.1.